The number of hydrogen-bond donors (Lipinski definition) is 1. The first-order valence-corrected chi connectivity index (χ1v) is 14.8. The SMILES string of the molecule is CC[C@@H](C(=O)NC1CCCC1)N(Cc1ccc(OC)cc1)C(=O)CN(c1cc(Cl)ccc1Cl)S(C)(=O)=O. The molecule has 1 aliphatic carbocycles. The summed E-state index contributed by atoms with van der Waals surface area (Å²) in [6.45, 7) is 1.40. The Bertz CT molecular complexity index is 1200. The zero-order valence-corrected chi connectivity index (χ0v) is 23.6. The summed E-state index contributed by atoms with van der Waals surface area (Å²) in [5, 5.41) is 3.49. The molecule has 0 bridgehead atoms. The molecule has 2 aromatic rings. The lowest BCUT2D eigenvalue weighted by Gasteiger charge is -2.33. The minimum atomic E-state index is -3.91. The zero-order chi connectivity index (χ0) is 27.2. The van der Waals surface area contributed by atoms with Crippen molar-refractivity contribution in [3.8, 4) is 5.75 Å². The van der Waals surface area contributed by atoms with Crippen LogP contribution in [0, 0.1) is 0 Å². The van der Waals surface area contributed by atoms with Gasteiger partial charge in [-0.2, -0.15) is 0 Å². The molecule has 1 N–H and O–H groups in total. The molecule has 0 saturated heterocycles. The number of nitrogens with zero attached hydrogens (tertiary/aromatic N) is 2. The molecule has 8 nitrogen and oxygen atoms in total. The van der Waals surface area contributed by atoms with E-state index in [9.17, 15) is 18.0 Å². The molecule has 1 atom stereocenters. The van der Waals surface area contributed by atoms with Crippen molar-refractivity contribution in [1.82, 2.24) is 10.2 Å². The first-order chi connectivity index (χ1) is 17.5. The quantitative estimate of drug-likeness (QED) is 0.425. The lowest BCUT2D eigenvalue weighted by Crippen LogP contribution is -2.53. The Hall–Kier alpha value is -2.49. The maximum atomic E-state index is 13.8. The van der Waals surface area contributed by atoms with Crippen molar-refractivity contribution in [1.29, 1.82) is 0 Å². The summed E-state index contributed by atoms with van der Waals surface area (Å²) in [6.07, 6.45) is 5.28. The van der Waals surface area contributed by atoms with Crippen LogP contribution in [0.5, 0.6) is 5.75 Å². The fourth-order valence-corrected chi connectivity index (χ4v) is 5.78. The minimum absolute atomic E-state index is 0.0808. The van der Waals surface area contributed by atoms with E-state index in [1.807, 2.05) is 19.1 Å². The standard InChI is InChI=1S/C26H33Cl2N3O5S/c1-4-23(26(33)29-20-7-5-6-8-20)30(16-18-9-12-21(36-2)13-10-18)25(32)17-31(37(3,34)35)24-15-19(27)11-14-22(24)28/h9-15,20,23H,4-8,16-17H2,1-3H3,(H,29,33)/t23-/m0/s1. The van der Waals surface area contributed by atoms with Gasteiger partial charge in [0.05, 0.1) is 24.1 Å². The average molecular weight is 571 g/mol. The number of carbonyl (C=O) groups excluding carboxylic acids is 2. The molecule has 11 heteroatoms. The molecule has 1 fully saturated rings. The Balaban J connectivity index is 1.94. The van der Waals surface area contributed by atoms with E-state index in [4.69, 9.17) is 27.9 Å². The summed E-state index contributed by atoms with van der Waals surface area (Å²) < 4.78 is 31.6. The summed E-state index contributed by atoms with van der Waals surface area (Å²) in [7, 11) is -2.35. The van der Waals surface area contributed by atoms with Crippen LogP contribution >= 0.6 is 23.2 Å². The van der Waals surface area contributed by atoms with Gasteiger partial charge in [-0.05, 0) is 55.2 Å². The topological polar surface area (TPSA) is 96.0 Å². The van der Waals surface area contributed by atoms with Crippen LogP contribution in [0.1, 0.15) is 44.6 Å². The van der Waals surface area contributed by atoms with Gasteiger partial charge in [0.1, 0.15) is 18.3 Å². The van der Waals surface area contributed by atoms with Gasteiger partial charge in [-0.1, -0.05) is 55.1 Å². The maximum absolute atomic E-state index is 13.8. The molecule has 1 aliphatic rings. The second kappa shape index (κ2) is 12.8. The fourth-order valence-electron chi connectivity index (χ4n) is 4.49. The fraction of sp³-hybridized carbons (Fsp3) is 0.462. The molecular formula is C26H33Cl2N3O5S. The first-order valence-electron chi connectivity index (χ1n) is 12.2. The van der Waals surface area contributed by atoms with Crippen molar-refractivity contribution < 1.29 is 22.7 Å². The van der Waals surface area contributed by atoms with Crippen LogP contribution in [0.3, 0.4) is 0 Å². The van der Waals surface area contributed by atoms with E-state index in [0.717, 1.165) is 41.8 Å². The van der Waals surface area contributed by atoms with Crippen LogP contribution < -0.4 is 14.4 Å². The van der Waals surface area contributed by atoms with Crippen LogP contribution in [-0.4, -0.2) is 57.1 Å². The number of carbonyl (C=O) groups is 2. The highest BCUT2D eigenvalue weighted by molar-refractivity contribution is 7.92. The maximum Gasteiger partial charge on any atom is 0.244 e. The third-order valence-electron chi connectivity index (χ3n) is 6.46. The van der Waals surface area contributed by atoms with Crippen molar-refractivity contribution >= 4 is 50.7 Å². The number of sulfonamides is 1. The monoisotopic (exact) mass is 569 g/mol. The van der Waals surface area contributed by atoms with Gasteiger partial charge in [0.2, 0.25) is 21.8 Å². The van der Waals surface area contributed by atoms with Gasteiger partial charge in [-0.25, -0.2) is 8.42 Å². The number of halogens is 2. The van der Waals surface area contributed by atoms with Gasteiger partial charge in [0.25, 0.3) is 0 Å². The van der Waals surface area contributed by atoms with Gasteiger partial charge < -0.3 is 15.0 Å². The molecule has 1 saturated carbocycles. The summed E-state index contributed by atoms with van der Waals surface area (Å²) in [6, 6.07) is 10.9. The molecule has 0 unspecified atom stereocenters. The number of ether oxygens (including phenoxy) is 1. The highest BCUT2D eigenvalue weighted by atomic mass is 35.5. The number of amides is 2. The van der Waals surface area contributed by atoms with Crippen molar-refractivity contribution in [2.45, 2.75) is 57.7 Å². The summed E-state index contributed by atoms with van der Waals surface area (Å²) in [5.41, 5.74) is 0.867. The molecule has 37 heavy (non-hydrogen) atoms. The molecule has 202 valence electrons. The Labute approximate surface area is 228 Å². The third kappa shape index (κ3) is 7.75. The van der Waals surface area contributed by atoms with Crippen LogP contribution in [0.15, 0.2) is 42.5 Å². The summed E-state index contributed by atoms with van der Waals surface area (Å²) >= 11 is 12.4. The first kappa shape index (κ1) is 29.1. The predicted molar refractivity (Wildman–Crippen MR) is 147 cm³/mol. The van der Waals surface area contributed by atoms with Gasteiger partial charge in [0.15, 0.2) is 0 Å². The highest BCUT2D eigenvalue weighted by Crippen LogP contribution is 2.31. The van der Waals surface area contributed by atoms with E-state index in [2.05, 4.69) is 5.32 Å². The van der Waals surface area contributed by atoms with Crippen molar-refractivity contribution in [3.05, 3.63) is 58.1 Å². The van der Waals surface area contributed by atoms with Crippen molar-refractivity contribution in [2.24, 2.45) is 0 Å². The van der Waals surface area contributed by atoms with E-state index in [1.165, 1.54) is 23.1 Å². The lowest BCUT2D eigenvalue weighted by molar-refractivity contribution is -0.140. The second-order valence-corrected chi connectivity index (χ2v) is 11.9. The molecule has 0 aliphatic heterocycles. The van der Waals surface area contributed by atoms with E-state index >= 15 is 0 Å². The Morgan fingerprint density at radius 3 is 2.32 bits per heavy atom. The van der Waals surface area contributed by atoms with Gasteiger partial charge >= 0.3 is 0 Å². The van der Waals surface area contributed by atoms with Crippen molar-refractivity contribution in [2.75, 3.05) is 24.2 Å². The largest absolute Gasteiger partial charge is 0.497 e. The second-order valence-electron chi connectivity index (χ2n) is 9.15. The molecule has 3 rings (SSSR count). The number of hydrogen-bond acceptors (Lipinski definition) is 5. The third-order valence-corrected chi connectivity index (χ3v) is 8.14. The summed E-state index contributed by atoms with van der Waals surface area (Å²) in [5.74, 6) is -0.125. The number of nitrogens with one attached hydrogen (secondary N) is 1. The minimum Gasteiger partial charge on any atom is -0.497 e. The highest BCUT2D eigenvalue weighted by Gasteiger charge is 2.33. The van der Waals surface area contributed by atoms with Crippen molar-refractivity contribution in [3.63, 3.8) is 0 Å². The molecule has 0 radical (unpaired) electrons. The number of anilines is 1. The van der Waals surface area contributed by atoms with E-state index in [-0.39, 0.29) is 34.2 Å². The van der Waals surface area contributed by atoms with E-state index in [1.54, 1.807) is 19.2 Å². The van der Waals surface area contributed by atoms with Crippen LogP contribution in [-0.2, 0) is 26.2 Å². The van der Waals surface area contributed by atoms with Crippen LogP contribution in [0.2, 0.25) is 10.0 Å². The Morgan fingerprint density at radius 2 is 1.76 bits per heavy atom. The number of rotatable bonds is 11. The smallest absolute Gasteiger partial charge is 0.244 e. The molecular weight excluding hydrogens is 537 g/mol. The van der Waals surface area contributed by atoms with E-state index < -0.39 is 28.5 Å². The lowest BCUT2D eigenvalue weighted by atomic mass is 10.1. The molecule has 2 aromatic carbocycles. The Kier molecular flexibility index (Phi) is 10.1. The van der Waals surface area contributed by atoms with Gasteiger partial charge in [-0.15, -0.1) is 0 Å². The Morgan fingerprint density at radius 1 is 1.11 bits per heavy atom. The van der Waals surface area contributed by atoms with Gasteiger partial charge in [-0.3, -0.25) is 13.9 Å². The van der Waals surface area contributed by atoms with E-state index in [0.29, 0.717) is 12.2 Å². The van der Waals surface area contributed by atoms with Crippen LogP contribution in [0.4, 0.5) is 5.69 Å². The number of benzene rings is 2. The van der Waals surface area contributed by atoms with Gasteiger partial charge in [0, 0.05) is 17.6 Å². The number of methoxy groups -OCH3 is 1. The molecule has 2 amide bonds. The molecule has 0 aromatic heterocycles. The normalized spacial score (nSPS) is 14.7. The average Bonchev–Trinajstić information content (AvgIpc) is 3.36. The predicted octanol–water partition coefficient (Wildman–Crippen LogP) is 4.63. The zero-order valence-electron chi connectivity index (χ0n) is 21.2. The van der Waals surface area contributed by atoms with Crippen LogP contribution in [0.25, 0.3) is 0 Å². The molecule has 0 spiro atoms. The summed E-state index contributed by atoms with van der Waals surface area (Å²) in [4.78, 5) is 28.5. The molecule has 0 heterocycles.